The van der Waals surface area contributed by atoms with Gasteiger partial charge in [0.25, 0.3) is 0 Å². The molecular formula is C19H22BrNO3S. The van der Waals surface area contributed by atoms with Gasteiger partial charge >= 0.3 is 0 Å². The Kier molecular flexibility index (Phi) is 4.97. The third kappa shape index (κ3) is 4.25. The summed E-state index contributed by atoms with van der Waals surface area (Å²) in [5, 5.41) is 0. The first-order valence-corrected chi connectivity index (χ1v) is 10.5. The Morgan fingerprint density at radius 2 is 1.80 bits per heavy atom. The van der Waals surface area contributed by atoms with Crippen LogP contribution < -0.4 is 9.46 Å². The van der Waals surface area contributed by atoms with Gasteiger partial charge in [0.2, 0.25) is 10.0 Å². The number of hydrogen-bond donors (Lipinski definition) is 1. The predicted octanol–water partition coefficient (Wildman–Crippen LogP) is 4.03. The number of sulfonamides is 1. The zero-order valence-corrected chi connectivity index (χ0v) is 16.9. The Balaban J connectivity index is 1.76. The predicted molar refractivity (Wildman–Crippen MR) is 103 cm³/mol. The molecule has 0 aromatic heterocycles. The molecule has 0 radical (unpaired) electrons. The number of hydrogen-bond acceptors (Lipinski definition) is 3. The van der Waals surface area contributed by atoms with E-state index in [-0.39, 0.29) is 16.4 Å². The van der Waals surface area contributed by atoms with E-state index in [4.69, 9.17) is 4.74 Å². The van der Waals surface area contributed by atoms with Crippen LogP contribution in [-0.2, 0) is 21.9 Å². The van der Waals surface area contributed by atoms with Crippen molar-refractivity contribution in [2.24, 2.45) is 0 Å². The third-order valence-electron chi connectivity index (χ3n) is 4.28. The molecule has 1 heterocycles. The summed E-state index contributed by atoms with van der Waals surface area (Å²) in [6.07, 6.45) is 0.605. The summed E-state index contributed by atoms with van der Waals surface area (Å²) in [5.74, 6) is 0.813. The van der Waals surface area contributed by atoms with E-state index in [1.54, 1.807) is 12.1 Å². The average Bonchev–Trinajstić information content (AvgIpc) is 2.53. The van der Waals surface area contributed by atoms with Crippen LogP contribution in [0.1, 0.15) is 31.9 Å². The van der Waals surface area contributed by atoms with Crippen LogP contribution in [0, 0.1) is 0 Å². The van der Waals surface area contributed by atoms with E-state index in [2.05, 4.69) is 41.4 Å². The van der Waals surface area contributed by atoms with Gasteiger partial charge in [0.15, 0.2) is 0 Å². The van der Waals surface area contributed by atoms with Gasteiger partial charge in [0.05, 0.1) is 10.9 Å². The Labute approximate surface area is 157 Å². The van der Waals surface area contributed by atoms with Gasteiger partial charge in [0, 0.05) is 4.47 Å². The molecule has 0 fully saturated rings. The maximum atomic E-state index is 12.7. The Morgan fingerprint density at radius 3 is 2.44 bits per heavy atom. The molecule has 0 spiro atoms. The molecule has 134 valence electrons. The van der Waals surface area contributed by atoms with Gasteiger partial charge in [-0.1, -0.05) is 48.8 Å². The largest absolute Gasteiger partial charge is 0.492 e. The van der Waals surface area contributed by atoms with Crippen molar-refractivity contribution in [2.45, 2.75) is 43.5 Å². The first-order valence-electron chi connectivity index (χ1n) is 8.19. The average molecular weight is 424 g/mol. The monoisotopic (exact) mass is 423 g/mol. The molecule has 1 aliphatic rings. The van der Waals surface area contributed by atoms with Crippen LogP contribution in [0.2, 0.25) is 0 Å². The molecule has 2 aromatic rings. The first-order chi connectivity index (χ1) is 11.6. The van der Waals surface area contributed by atoms with Crippen LogP contribution in [-0.4, -0.2) is 21.1 Å². The lowest BCUT2D eigenvalue weighted by Gasteiger charge is -2.26. The minimum absolute atomic E-state index is 0.00989. The van der Waals surface area contributed by atoms with Crippen molar-refractivity contribution in [1.82, 2.24) is 4.72 Å². The van der Waals surface area contributed by atoms with Crippen molar-refractivity contribution in [1.29, 1.82) is 0 Å². The minimum Gasteiger partial charge on any atom is -0.492 e. The van der Waals surface area contributed by atoms with Gasteiger partial charge in [-0.2, -0.15) is 0 Å². The highest BCUT2D eigenvalue weighted by molar-refractivity contribution is 9.10. The fraction of sp³-hybridized carbons (Fsp3) is 0.368. The molecule has 0 unspecified atom stereocenters. The molecule has 1 aliphatic heterocycles. The topological polar surface area (TPSA) is 55.4 Å². The summed E-state index contributed by atoms with van der Waals surface area (Å²) in [6.45, 7) is 6.63. The number of nitrogens with one attached hydrogen (secondary N) is 1. The Morgan fingerprint density at radius 1 is 1.12 bits per heavy atom. The van der Waals surface area contributed by atoms with Crippen molar-refractivity contribution in [3.63, 3.8) is 0 Å². The molecule has 0 saturated heterocycles. The summed E-state index contributed by atoms with van der Waals surface area (Å²) < 4.78 is 34.7. The summed E-state index contributed by atoms with van der Waals surface area (Å²) in [6, 6.07) is 12.6. The molecule has 3 rings (SSSR count). The maximum absolute atomic E-state index is 12.7. The number of benzene rings is 2. The molecule has 6 heteroatoms. The summed E-state index contributed by atoms with van der Waals surface area (Å²) in [7, 11) is -3.58. The van der Waals surface area contributed by atoms with Crippen molar-refractivity contribution >= 4 is 26.0 Å². The van der Waals surface area contributed by atoms with Crippen molar-refractivity contribution < 1.29 is 13.2 Å². The number of halogens is 1. The van der Waals surface area contributed by atoms with E-state index < -0.39 is 10.0 Å². The molecule has 4 nitrogen and oxygen atoms in total. The lowest BCUT2D eigenvalue weighted by molar-refractivity contribution is 0.254. The van der Waals surface area contributed by atoms with Crippen molar-refractivity contribution in [3.8, 4) is 5.75 Å². The van der Waals surface area contributed by atoms with Crippen LogP contribution in [0.3, 0.4) is 0 Å². The second kappa shape index (κ2) is 6.74. The quantitative estimate of drug-likeness (QED) is 0.810. The van der Waals surface area contributed by atoms with Gasteiger partial charge < -0.3 is 4.74 Å². The van der Waals surface area contributed by atoms with Crippen molar-refractivity contribution in [3.05, 3.63) is 58.1 Å². The molecule has 0 aliphatic carbocycles. The van der Waals surface area contributed by atoms with Crippen LogP contribution in [0.5, 0.6) is 5.75 Å². The van der Waals surface area contributed by atoms with Crippen LogP contribution in [0.25, 0.3) is 0 Å². The fourth-order valence-electron chi connectivity index (χ4n) is 2.86. The molecule has 0 amide bonds. The highest BCUT2D eigenvalue weighted by atomic mass is 79.9. The lowest BCUT2D eigenvalue weighted by atomic mass is 9.87. The first kappa shape index (κ1) is 18.4. The van der Waals surface area contributed by atoms with Gasteiger partial charge in [-0.25, -0.2) is 13.1 Å². The number of rotatable bonds is 3. The van der Waals surface area contributed by atoms with Crippen molar-refractivity contribution in [2.75, 3.05) is 6.61 Å². The van der Waals surface area contributed by atoms with E-state index in [1.165, 1.54) is 0 Å². The minimum atomic E-state index is -3.58. The zero-order valence-electron chi connectivity index (χ0n) is 14.5. The molecule has 1 atom stereocenters. The van der Waals surface area contributed by atoms with Crippen LogP contribution >= 0.6 is 15.9 Å². The summed E-state index contributed by atoms with van der Waals surface area (Å²) in [5.41, 5.74) is 2.09. The standard InChI is InChI=1S/C19H22BrNO3S/c1-19(2,3)14-4-7-17(8-5-14)25(22,23)21-16-11-13-10-15(20)6-9-18(13)24-12-16/h4-10,16,21H,11-12H2,1-3H3/t16-/m1/s1. The van der Waals surface area contributed by atoms with E-state index in [9.17, 15) is 8.42 Å². The second-order valence-electron chi connectivity index (χ2n) is 7.36. The highest BCUT2D eigenvalue weighted by Crippen LogP contribution is 2.28. The number of ether oxygens (including phenoxy) is 1. The van der Waals surface area contributed by atoms with Gasteiger partial charge in [-0.3, -0.25) is 0 Å². The third-order valence-corrected chi connectivity index (χ3v) is 6.31. The molecule has 1 N–H and O–H groups in total. The van der Waals surface area contributed by atoms with Gasteiger partial charge in [0.1, 0.15) is 12.4 Å². The SMILES string of the molecule is CC(C)(C)c1ccc(S(=O)(=O)N[C@H]2COc3ccc(Br)cc3C2)cc1. The molecule has 0 bridgehead atoms. The Bertz CT molecular complexity index is 871. The molecular weight excluding hydrogens is 402 g/mol. The van der Waals surface area contributed by atoms with E-state index in [0.717, 1.165) is 21.3 Å². The van der Waals surface area contributed by atoms with Gasteiger partial charge in [-0.05, 0) is 53.3 Å². The molecule has 2 aromatic carbocycles. The van der Waals surface area contributed by atoms with Crippen LogP contribution in [0.15, 0.2) is 51.8 Å². The van der Waals surface area contributed by atoms with Gasteiger partial charge in [-0.15, -0.1) is 0 Å². The smallest absolute Gasteiger partial charge is 0.240 e. The Hall–Kier alpha value is -1.37. The summed E-state index contributed by atoms with van der Waals surface area (Å²) in [4.78, 5) is 0.278. The molecule has 0 saturated carbocycles. The summed E-state index contributed by atoms with van der Waals surface area (Å²) >= 11 is 3.44. The van der Waals surface area contributed by atoms with Crippen LogP contribution in [0.4, 0.5) is 0 Å². The fourth-order valence-corrected chi connectivity index (χ4v) is 4.49. The van der Waals surface area contributed by atoms with E-state index in [0.29, 0.717) is 13.0 Å². The molecule has 25 heavy (non-hydrogen) atoms. The normalized spacial score (nSPS) is 17.7. The highest BCUT2D eigenvalue weighted by Gasteiger charge is 2.26. The lowest BCUT2D eigenvalue weighted by Crippen LogP contribution is -2.42. The van der Waals surface area contributed by atoms with E-state index in [1.807, 2.05) is 30.3 Å². The zero-order chi connectivity index (χ0) is 18.2. The van der Waals surface area contributed by atoms with E-state index >= 15 is 0 Å². The number of fused-ring (bicyclic) bond motifs is 1. The maximum Gasteiger partial charge on any atom is 0.240 e. The second-order valence-corrected chi connectivity index (χ2v) is 9.99.